The van der Waals surface area contributed by atoms with E-state index in [9.17, 15) is 4.79 Å². The molecular weight excluding hydrogens is 206 g/mol. The van der Waals surface area contributed by atoms with Crippen LogP contribution in [-0.2, 0) is 11.3 Å². The molecule has 1 unspecified atom stereocenters. The topological polar surface area (TPSA) is 47.4 Å². The minimum atomic E-state index is -0.0440. The Hall–Kier alpha value is -1.36. The van der Waals surface area contributed by atoms with Crippen molar-refractivity contribution in [3.05, 3.63) is 22.5 Å². The molecule has 1 fully saturated rings. The maximum Gasteiger partial charge on any atom is 0.266 e. The molecule has 1 aromatic rings. The van der Waals surface area contributed by atoms with E-state index in [1.165, 1.54) is 4.68 Å². The van der Waals surface area contributed by atoms with E-state index in [1.54, 1.807) is 12.1 Å². The predicted octanol–water partition coefficient (Wildman–Crippen LogP) is 0.346. The first-order valence-corrected chi connectivity index (χ1v) is 5.50. The fraction of sp³-hybridized carbons (Fsp3) is 0.636. The Labute approximate surface area is 94.6 Å². The monoisotopic (exact) mass is 223 g/mol. The van der Waals surface area contributed by atoms with Gasteiger partial charge in [-0.25, -0.2) is 4.68 Å². The summed E-state index contributed by atoms with van der Waals surface area (Å²) >= 11 is 0. The van der Waals surface area contributed by atoms with Crippen molar-refractivity contribution in [2.75, 3.05) is 32.2 Å². The van der Waals surface area contributed by atoms with Gasteiger partial charge in [0.2, 0.25) is 0 Å². The SMILES string of the molecule is CN(C)c1ccc(=O)n(CC2CCOC2)n1. The molecule has 88 valence electrons. The zero-order valence-electron chi connectivity index (χ0n) is 9.72. The standard InChI is InChI=1S/C11H17N3O2/c1-13(2)10-3-4-11(15)14(12-10)7-9-5-6-16-8-9/h3-4,9H,5-8H2,1-2H3. The highest BCUT2D eigenvalue weighted by Crippen LogP contribution is 2.13. The predicted molar refractivity (Wildman–Crippen MR) is 61.8 cm³/mol. The third-order valence-corrected chi connectivity index (χ3v) is 2.77. The third-order valence-electron chi connectivity index (χ3n) is 2.77. The molecule has 0 saturated carbocycles. The van der Waals surface area contributed by atoms with Crippen molar-refractivity contribution in [1.82, 2.24) is 9.78 Å². The molecule has 0 amide bonds. The van der Waals surface area contributed by atoms with Crippen molar-refractivity contribution in [1.29, 1.82) is 0 Å². The molecule has 1 saturated heterocycles. The molecule has 1 aliphatic rings. The number of ether oxygens (including phenoxy) is 1. The van der Waals surface area contributed by atoms with Crippen LogP contribution in [0, 0.1) is 5.92 Å². The number of nitrogens with zero attached hydrogens (tertiary/aromatic N) is 3. The summed E-state index contributed by atoms with van der Waals surface area (Å²) in [5, 5.41) is 4.31. The normalized spacial score (nSPS) is 20.0. The summed E-state index contributed by atoms with van der Waals surface area (Å²) in [6, 6.07) is 3.31. The van der Waals surface area contributed by atoms with E-state index in [-0.39, 0.29) is 5.56 Å². The Balaban J connectivity index is 2.18. The van der Waals surface area contributed by atoms with Crippen LogP contribution in [-0.4, -0.2) is 37.1 Å². The Kier molecular flexibility index (Phi) is 3.24. The van der Waals surface area contributed by atoms with Gasteiger partial charge in [-0.3, -0.25) is 4.79 Å². The van der Waals surface area contributed by atoms with E-state index >= 15 is 0 Å². The first-order valence-electron chi connectivity index (χ1n) is 5.50. The highest BCUT2D eigenvalue weighted by molar-refractivity contribution is 5.33. The Bertz CT molecular complexity index is 408. The number of hydrogen-bond donors (Lipinski definition) is 0. The van der Waals surface area contributed by atoms with Crippen LogP contribution in [0.3, 0.4) is 0 Å². The fourth-order valence-corrected chi connectivity index (χ4v) is 1.78. The zero-order chi connectivity index (χ0) is 11.5. The molecule has 5 heteroatoms. The van der Waals surface area contributed by atoms with E-state index in [2.05, 4.69) is 5.10 Å². The van der Waals surface area contributed by atoms with E-state index in [4.69, 9.17) is 4.74 Å². The van der Waals surface area contributed by atoms with Crippen LogP contribution >= 0.6 is 0 Å². The van der Waals surface area contributed by atoms with Crippen LogP contribution < -0.4 is 10.5 Å². The van der Waals surface area contributed by atoms with Crippen LogP contribution in [0.2, 0.25) is 0 Å². The van der Waals surface area contributed by atoms with Crippen molar-refractivity contribution in [3.63, 3.8) is 0 Å². The molecule has 1 aromatic heterocycles. The van der Waals surface area contributed by atoms with Crippen molar-refractivity contribution >= 4 is 5.82 Å². The van der Waals surface area contributed by atoms with Gasteiger partial charge in [-0.05, 0) is 12.5 Å². The van der Waals surface area contributed by atoms with Gasteiger partial charge < -0.3 is 9.64 Å². The average molecular weight is 223 g/mol. The van der Waals surface area contributed by atoms with Crippen molar-refractivity contribution in [2.45, 2.75) is 13.0 Å². The summed E-state index contributed by atoms with van der Waals surface area (Å²) in [7, 11) is 3.83. The maximum atomic E-state index is 11.6. The number of hydrogen-bond acceptors (Lipinski definition) is 4. The van der Waals surface area contributed by atoms with Gasteiger partial charge in [0.1, 0.15) is 5.82 Å². The zero-order valence-corrected chi connectivity index (χ0v) is 9.72. The second-order valence-electron chi connectivity index (χ2n) is 4.34. The average Bonchev–Trinajstić information content (AvgIpc) is 2.73. The quantitative estimate of drug-likeness (QED) is 0.741. The molecule has 1 atom stereocenters. The second-order valence-corrected chi connectivity index (χ2v) is 4.34. The van der Waals surface area contributed by atoms with Crippen LogP contribution in [0.1, 0.15) is 6.42 Å². The first kappa shape index (κ1) is 11.1. The molecule has 2 rings (SSSR count). The highest BCUT2D eigenvalue weighted by atomic mass is 16.5. The van der Waals surface area contributed by atoms with Crippen LogP contribution in [0.4, 0.5) is 5.82 Å². The van der Waals surface area contributed by atoms with Crippen molar-refractivity contribution in [3.8, 4) is 0 Å². The molecule has 0 aromatic carbocycles. The lowest BCUT2D eigenvalue weighted by molar-refractivity contribution is 0.181. The molecule has 0 radical (unpaired) electrons. The van der Waals surface area contributed by atoms with Gasteiger partial charge in [-0.15, -0.1) is 0 Å². The minimum Gasteiger partial charge on any atom is -0.381 e. The number of rotatable bonds is 3. The minimum absolute atomic E-state index is 0.0440. The molecule has 0 spiro atoms. The summed E-state index contributed by atoms with van der Waals surface area (Å²) < 4.78 is 6.83. The summed E-state index contributed by atoms with van der Waals surface area (Å²) in [5.74, 6) is 1.22. The van der Waals surface area contributed by atoms with Crippen molar-refractivity contribution in [2.24, 2.45) is 5.92 Å². The summed E-state index contributed by atoms with van der Waals surface area (Å²) in [4.78, 5) is 13.5. The Morgan fingerprint density at radius 2 is 2.38 bits per heavy atom. The lowest BCUT2D eigenvalue weighted by atomic mass is 10.1. The Morgan fingerprint density at radius 1 is 1.56 bits per heavy atom. The van der Waals surface area contributed by atoms with Crippen LogP contribution in [0.15, 0.2) is 16.9 Å². The number of anilines is 1. The van der Waals surface area contributed by atoms with E-state index in [0.29, 0.717) is 12.5 Å². The first-order chi connectivity index (χ1) is 7.66. The molecule has 5 nitrogen and oxygen atoms in total. The fourth-order valence-electron chi connectivity index (χ4n) is 1.78. The molecule has 0 N–H and O–H groups in total. The molecular formula is C11H17N3O2. The molecule has 1 aliphatic heterocycles. The van der Waals surface area contributed by atoms with Crippen LogP contribution in [0.25, 0.3) is 0 Å². The summed E-state index contributed by atoms with van der Waals surface area (Å²) in [6.45, 7) is 2.19. The summed E-state index contributed by atoms with van der Waals surface area (Å²) in [5.41, 5.74) is -0.0440. The van der Waals surface area contributed by atoms with E-state index < -0.39 is 0 Å². The van der Waals surface area contributed by atoms with Gasteiger partial charge >= 0.3 is 0 Å². The number of aromatic nitrogens is 2. The van der Waals surface area contributed by atoms with Gasteiger partial charge in [0, 0.05) is 32.7 Å². The summed E-state index contributed by atoms with van der Waals surface area (Å²) in [6.07, 6.45) is 1.01. The van der Waals surface area contributed by atoms with Gasteiger partial charge in [0.15, 0.2) is 0 Å². The van der Waals surface area contributed by atoms with Gasteiger partial charge in [0.25, 0.3) is 5.56 Å². The third kappa shape index (κ3) is 2.41. The lowest BCUT2D eigenvalue weighted by Gasteiger charge is -2.14. The second kappa shape index (κ2) is 4.65. The lowest BCUT2D eigenvalue weighted by Crippen LogP contribution is -2.28. The molecule has 2 heterocycles. The maximum absolute atomic E-state index is 11.6. The van der Waals surface area contributed by atoms with Crippen LogP contribution in [0.5, 0.6) is 0 Å². The molecule has 0 bridgehead atoms. The molecule has 16 heavy (non-hydrogen) atoms. The molecule has 0 aliphatic carbocycles. The Morgan fingerprint density at radius 3 is 3.00 bits per heavy atom. The van der Waals surface area contributed by atoms with Gasteiger partial charge in [0.05, 0.1) is 13.2 Å². The van der Waals surface area contributed by atoms with Crippen molar-refractivity contribution < 1.29 is 4.74 Å². The largest absolute Gasteiger partial charge is 0.381 e. The van der Waals surface area contributed by atoms with Gasteiger partial charge in [-0.1, -0.05) is 0 Å². The van der Waals surface area contributed by atoms with E-state index in [1.807, 2.05) is 19.0 Å². The smallest absolute Gasteiger partial charge is 0.266 e. The highest BCUT2D eigenvalue weighted by Gasteiger charge is 2.17. The van der Waals surface area contributed by atoms with Gasteiger partial charge in [-0.2, -0.15) is 5.10 Å². The van der Waals surface area contributed by atoms with E-state index in [0.717, 1.165) is 25.5 Å².